The average molecular weight is 444 g/mol. The van der Waals surface area contributed by atoms with Crippen LogP contribution in [-0.4, -0.2) is 21.4 Å². The van der Waals surface area contributed by atoms with Gasteiger partial charge in [-0.05, 0) is 48.9 Å². The van der Waals surface area contributed by atoms with E-state index in [1.54, 1.807) is 19.1 Å². The van der Waals surface area contributed by atoms with Crippen molar-refractivity contribution in [3.63, 3.8) is 0 Å². The Morgan fingerprint density at radius 3 is 2.45 bits per heavy atom. The molecule has 0 aliphatic heterocycles. The van der Waals surface area contributed by atoms with E-state index < -0.39 is 17.2 Å². The second-order valence-corrected chi connectivity index (χ2v) is 7.55. The largest absolute Gasteiger partial charge is 0.350 e. The summed E-state index contributed by atoms with van der Waals surface area (Å²) in [7, 11) is 0. The molecule has 0 radical (unpaired) electrons. The van der Waals surface area contributed by atoms with Gasteiger partial charge in [-0.2, -0.15) is 0 Å². The predicted octanol–water partition coefficient (Wildman–Crippen LogP) is 3.41. The minimum Gasteiger partial charge on any atom is -0.350 e. The SMILES string of the molecule is Cc1ccc2c(=O)c(C(=O)Nc3ccc(F)cc3)cn(CC(=O)NCc3ccccc3)c2n1. The quantitative estimate of drug-likeness (QED) is 0.477. The fourth-order valence-corrected chi connectivity index (χ4v) is 3.38. The van der Waals surface area contributed by atoms with E-state index in [4.69, 9.17) is 0 Å². The van der Waals surface area contributed by atoms with Gasteiger partial charge in [-0.3, -0.25) is 14.4 Å². The molecular weight excluding hydrogens is 423 g/mol. The number of amides is 2. The molecule has 2 aromatic heterocycles. The average Bonchev–Trinajstić information content (AvgIpc) is 2.81. The first-order chi connectivity index (χ1) is 15.9. The lowest BCUT2D eigenvalue weighted by atomic mass is 10.1. The molecule has 0 aliphatic carbocycles. The maximum Gasteiger partial charge on any atom is 0.261 e. The Kier molecular flexibility index (Phi) is 6.26. The fourth-order valence-electron chi connectivity index (χ4n) is 3.38. The second kappa shape index (κ2) is 9.44. The number of nitrogens with one attached hydrogen (secondary N) is 2. The number of carbonyl (C=O) groups excluding carboxylic acids is 2. The molecule has 4 rings (SSSR count). The van der Waals surface area contributed by atoms with Crippen LogP contribution < -0.4 is 16.1 Å². The number of nitrogens with zero attached hydrogens (tertiary/aromatic N) is 2. The first-order valence-electron chi connectivity index (χ1n) is 10.3. The smallest absolute Gasteiger partial charge is 0.261 e. The van der Waals surface area contributed by atoms with Crippen LogP contribution in [0.2, 0.25) is 0 Å². The van der Waals surface area contributed by atoms with E-state index in [1.165, 1.54) is 35.0 Å². The summed E-state index contributed by atoms with van der Waals surface area (Å²) in [5.74, 6) is -1.39. The number of hydrogen-bond donors (Lipinski definition) is 2. The molecule has 4 aromatic rings. The number of hydrogen-bond acceptors (Lipinski definition) is 4. The van der Waals surface area contributed by atoms with Crippen LogP contribution in [-0.2, 0) is 17.9 Å². The van der Waals surface area contributed by atoms with Crippen molar-refractivity contribution in [2.75, 3.05) is 5.32 Å². The van der Waals surface area contributed by atoms with Crippen molar-refractivity contribution in [3.8, 4) is 0 Å². The Balaban J connectivity index is 1.64. The van der Waals surface area contributed by atoms with Crippen molar-refractivity contribution in [2.45, 2.75) is 20.0 Å². The minimum atomic E-state index is -0.660. The molecule has 166 valence electrons. The number of pyridine rings is 2. The van der Waals surface area contributed by atoms with Gasteiger partial charge in [0.15, 0.2) is 0 Å². The Morgan fingerprint density at radius 1 is 1.00 bits per heavy atom. The highest BCUT2D eigenvalue weighted by Crippen LogP contribution is 2.14. The first-order valence-corrected chi connectivity index (χ1v) is 10.3. The van der Waals surface area contributed by atoms with Crippen LogP contribution in [0, 0.1) is 12.7 Å². The molecule has 2 N–H and O–H groups in total. The van der Waals surface area contributed by atoms with Gasteiger partial charge in [0.1, 0.15) is 23.6 Å². The number of anilines is 1. The third-order valence-corrected chi connectivity index (χ3v) is 5.05. The van der Waals surface area contributed by atoms with Gasteiger partial charge < -0.3 is 15.2 Å². The topological polar surface area (TPSA) is 93.1 Å². The van der Waals surface area contributed by atoms with Gasteiger partial charge in [0, 0.05) is 24.1 Å². The van der Waals surface area contributed by atoms with Crippen LogP contribution in [0.4, 0.5) is 10.1 Å². The Bertz CT molecular complexity index is 1380. The van der Waals surface area contributed by atoms with Crippen LogP contribution >= 0.6 is 0 Å². The molecule has 8 heteroatoms. The zero-order chi connectivity index (χ0) is 23.4. The number of rotatable bonds is 6. The van der Waals surface area contributed by atoms with Crippen molar-refractivity contribution in [1.82, 2.24) is 14.9 Å². The third-order valence-electron chi connectivity index (χ3n) is 5.05. The van der Waals surface area contributed by atoms with Crippen molar-refractivity contribution in [1.29, 1.82) is 0 Å². The van der Waals surface area contributed by atoms with Gasteiger partial charge in [0.25, 0.3) is 5.91 Å². The van der Waals surface area contributed by atoms with Gasteiger partial charge in [-0.15, -0.1) is 0 Å². The standard InChI is InChI=1S/C25H21FN4O3/c1-16-7-12-20-23(32)21(25(33)29-19-10-8-18(26)9-11-19)14-30(24(20)28-16)15-22(31)27-13-17-5-3-2-4-6-17/h2-12,14H,13,15H2,1H3,(H,27,31)(H,29,33). The molecule has 0 saturated heterocycles. The zero-order valence-corrected chi connectivity index (χ0v) is 17.8. The number of fused-ring (bicyclic) bond motifs is 1. The highest BCUT2D eigenvalue weighted by molar-refractivity contribution is 6.05. The highest BCUT2D eigenvalue weighted by atomic mass is 19.1. The van der Waals surface area contributed by atoms with Gasteiger partial charge in [-0.1, -0.05) is 30.3 Å². The summed E-state index contributed by atoms with van der Waals surface area (Å²) in [6.07, 6.45) is 1.33. The second-order valence-electron chi connectivity index (χ2n) is 7.55. The maximum absolute atomic E-state index is 13.2. The number of benzene rings is 2. The number of aromatic nitrogens is 2. The maximum atomic E-state index is 13.2. The van der Waals surface area contributed by atoms with E-state index in [9.17, 15) is 18.8 Å². The summed E-state index contributed by atoms with van der Waals surface area (Å²) in [4.78, 5) is 42.9. The van der Waals surface area contributed by atoms with Crippen LogP contribution in [0.5, 0.6) is 0 Å². The lowest BCUT2D eigenvalue weighted by Crippen LogP contribution is -2.30. The molecule has 0 saturated carbocycles. The summed E-state index contributed by atoms with van der Waals surface area (Å²) < 4.78 is 14.6. The van der Waals surface area contributed by atoms with Crippen LogP contribution in [0.3, 0.4) is 0 Å². The van der Waals surface area contributed by atoms with Crippen molar-refractivity contribution >= 4 is 28.5 Å². The van der Waals surface area contributed by atoms with Gasteiger partial charge >= 0.3 is 0 Å². The molecule has 2 aromatic carbocycles. The first kappa shape index (κ1) is 21.9. The summed E-state index contributed by atoms with van der Waals surface area (Å²) in [5, 5.41) is 5.65. The summed E-state index contributed by atoms with van der Waals surface area (Å²) in [6.45, 7) is 2.00. The molecule has 2 heterocycles. The van der Waals surface area contributed by atoms with Crippen LogP contribution in [0.1, 0.15) is 21.6 Å². The predicted molar refractivity (Wildman–Crippen MR) is 123 cm³/mol. The number of carbonyl (C=O) groups is 2. The van der Waals surface area contributed by atoms with E-state index in [-0.39, 0.29) is 23.4 Å². The van der Waals surface area contributed by atoms with E-state index in [0.717, 1.165) is 5.56 Å². The Morgan fingerprint density at radius 2 is 1.73 bits per heavy atom. The van der Waals surface area contributed by atoms with Crippen molar-refractivity contribution in [2.24, 2.45) is 0 Å². The van der Waals surface area contributed by atoms with Crippen molar-refractivity contribution < 1.29 is 14.0 Å². The molecule has 0 atom stereocenters. The molecule has 2 amide bonds. The number of halogens is 1. The lowest BCUT2D eigenvalue weighted by Gasteiger charge is -2.14. The van der Waals surface area contributed by atoms with Gasteiger partial charge in [0.2, 0.25) is 11.3 Å². The van der Waals surface area contributed by atoms with E-state index in [2.05, 4.69) is 15.6 Å². The van der Waals surface area contributed by atoms with Crippen LogP contribution in [0.25, 0.3) is 11.0 Å². The molecule has 0 unspecified atom stereocenters. The van der Waals surface area contributed by atoms with E-state index in [0.29, 0.717) is 23.6 Å². The van der Waals surface area contributed by atoms with E-state index in [1.807, 2.05) is 30.3 Å². The molecule has 0 fully saturated rings. The summed E-state index contributed by atoms with van der Waals surface area (Å²) >= 11 is 0. The lowest BCUT2D eigenvalue weighted by molar-refractivity contribution is -0.121. The molecule has 0 bridgehead atoms. The number of aryl methyl sites for hydroxylation is 1. The Labute approximate surface area is 188 Å². The monoisotopic (exact) mass is 444 g/mol. The minimum absolute atomic E-state index is 0.128. The molecule has 7 nitrogen and oxygen atoms in total. The molecule has 0 spiro atoms. The van der Waals surface area contributed by atoms with Crippen LogP contribution in [0.15, 0.2) is 77.7 Å². The summed E-state index contributed by atoms with van der Waals surface area (Å²) in [6, 6.07) is 17.9. The Hall–Kier alpha value is -4.33. The van der Waals surface area contributed by atoms with Gasteiger partial charge in [-0.25, -0.2) is 9.37 Å². The van der Waals surface area contributed by atoms with Crippen molar-refractivity contribution in [3.05, 3.63) is 106 Å². The summed E-state index contributed by atoms with van der Waals surface area (Å²) in [5.41, 5.74) is 1.63. The van der Waals surface area contributed by atoms with E-state index >= 15 is 0 Å². The zero-order valence-electron chi connectivity index (χ0n) is 17.8. The van der Waals surface area contributed by atoms with Gasteiger partial charge in [0.05, 0.1) is 5.39 Å². The third kappa shape index (κ3) is 5.12. The molecule has 33 heavy (non-hydrogen) atoms. The normalized spacial score (nSPS) is 10.7. The molecule has 0 aliphatic rings. The highest BCUT2D eigenvalue weighted by Gasteiger charge is 2.18. The fraction of sp³-hybridized carbons (Fsp3) is 0.120. The molecular formula is C25H21FN4O3.